The fourth-order valence-corrected chi connectivity index (χ4v) is 3.17. The molecule has 82 valence electrons. The lowest BCUT2D eigenvalue weighted by atomic mass is 9.74. The van der Waals surface area contributed by atoms with Gasteiger partial charge in [-0.1, -0.05) is 39.0 Å². The van der Waals surface area contributed by atoms with Crippen molar-refractivity contribution in [1.82, 2.24) is 0 Å². The molecule has 2 rings (SSSR count). The summed E-state index contributed by atoms with van der Waals surface area (Å²) < 4.78 is 0. The molecule has 0 amide bonds. The molecule has 1 aromatic carbocycles. The van der Waals surface area contributed by atoms with E-state index in [9.17, 15) is 5.11 Å². The summed E-state index contributed by atoms with van der Waals surface area (Å²) in [4.78, 5) is 0. The first-order valence-electron chi connectivity index (χ1n) is 5.80. The maximum absolute atomic E-state index is 9.92. The molecule has 2 unspecified atom stereocenters. The summed E-state index contributed by atoms with van der Waals surface area (Å²) in [5.41, 5.74) is 1.45. The Bertz CT molecular complexity index is 354. The standard InChI is InChI=1S/C14H20O/c1-10-8-9-14(2,3)13(10)11-6-4-5-7-12(11)15/h4-7,10,13,15H,8-9H2,1-3H3. The molecule has 0 saturated heterocycles. The van der Waals surface area contributed by atoms with Gasteiger partial charge in [-0.05, 0) is 41.7 Å². The van der Waals surface area contributed by atoms with Gasteiger partial charge in [0, 0.05) is 0 Å². The molecule has 1 fully saturated rings. The lowest BCUT2D eigenvalue weighted by Gasteiger charge is -2.30. The maximum atomic E-state index is 9.92. The first kappa shape index (κ1) is 10.5. The van der Waals surface area contributed by atoms with Gasteiger partial charge >= 0.3 is 0 Å². The molecule has 0 spiro atoms. The highest BCUT2D eigenvalue weighted by atomic mass is 16.3. The normalized spacial score (nSPS) is 29.3. The second kappa shape index (κ2) is 3.55. The second-order valence-electron chi connectivity index (χ2n) is 5.54. The Hall–Kier alpha value is -0.980. The van der Waals surface area contributed by atoms with Crippen LogP contribution in [-0.4, -0.2) is 5.11 Å². The highest BCUT2D eigenvalue weighted by Crippen LogP contribution is 2.53. The summed E-state index contributed by atoms with van der Waals surface area (Å²) in [5.74, 6) is 1.64. The van der Waals surface area contributed by atoms with Crippen LogP contribution in [0.25, 0.3) is 0 Å². The van der Waals surface area contributed by atoms with Crippen molar-refractivity contribution < 1.29 is 5.11 Å². The molecular formula is C14H20O. The van der Waals surface area contributed by atoms with Gasteiger partial charge in [-0.2, -0.15) is 0 Å². The predicted molar refractivity (Wildman–Crippen MR) is 63.0 cm³/mol. The average Bonchev–Trinajstić information content (AvgIpc) is 2.43. The maximum Gasteiger partial charge on any atom is 0.119 e. The summed E-state index contributed by atoms with van der Waals surface area (Å²) in [7, 11) is 0. The minimum atomic E-state index is 0.318. The molecule has 2 atom stereocenters. The molecule has 0 bridgehead atoms. The van der Waals surface area contributed by atoms with E-state index >= 15 is 0 Å². The van der Waals surface area contributed by atoms with Crippen LogP contribution in [0.5, 0.6) is 5.75 Å². The van der Waals surface area contributed by atoms with E-state index < -0.39 is 0 Å². The van der Waals surface area contributed by atoms with Crippen molar-refractivity contribution in [2.45, 2.75) is 39.5 Å². The molecule has 0 heterocycles. The van der Waals surface area contributed by atoms with Crippen LogP contribution in [0.3, 0.4) is 0 Å². The Morgan fingerprint density at radius 2 is 1.93 bits per heavy atom. The monoisotopic (exact) mass is 204 g/mol. The number of phenols is 1. The van der Waals surface area contributed by atoms with Crippen LogP contribution >= 0.6 is 0 Å². The van der Waals surface area contributed by atoms with Gasteiger partial charge in [0.1, 0.15) is 5.75 Å². The summed E-state index contributed by atoms with van der Waals surface area (Å²) in [6.45, 7) is 6.92. The lowest BCUT2D eigenvalue weighted by molar-refractivity contribution is 0.299. The van der Waals surface area contributed by atoms with E-state index in [2.05, 4.69) is 26.8 Å². The molecule has 0 radical (unpaired) electrons. The van der Waals surface area contributed by atoms with Crippen LogP contribution in [0.4, 0.5) is 0 Å². The van der Waals surface area contributed by atoms with Gasteiger partial charge in [-0.3, -0.25) is 0 Å². The Morgan fingerprint density at radius 3 is 2.47 bits per heavy atom. The van der Waals surface area contributed by atoms with Gasteiger partial charge in [-0.15, -0.1) is 0 Å². The Labute approximate surface area is 92.1 Å². The van der Waals surface area contributed by atoms with Crippen LogP contribution in [0, 0.1) is 11.3 Å². The molecule has 1 saturated carbocycles. The molecule has 1 aromatic rings. The van der Waals surface area contributed by atoms with E-state index in [1.165, 1.54) is 12.8 Å². The van der Waals surface area contributed by atoms with Crippen LogP contribution in [0.2, 0.25) is 0 Å². The minimum Gasteiger partial charge on any atom is -0.508 e. The van der Waals surface area contributed by atoms with Crippen molar-refractivity contribution >= 4 is 0 Å². The molecule has 1 nitrogen and oxygen atoms in total. The van der Waals surface area contributed by atoms with Gasteiger partial charge in [-0.25, -0.2) is 0 Å². The molecule has 1 aliphatic rings. The van der Waals surface area contributed by atoms with Crippen molar-refractivity contribution in [3.8, 4) is 5.75 Å². The van der Waals surface area contributed by atoms with Gasteiger partial charge in [0.05, 0.1) is 0 Å². The topological polar surface area (TPSA) is 20.2 Å². The third-order valence-corrected chi connectivity index (χ3v) is 3.93. The van der Waals surface area contributed by atoms with Crippen LogP contribution < -0.4 is 0 Å². The summed E-state index contributed by atoms with van der Waals surface area (Å²) >= 11 is 0. The Kier molecular flexibility index (Phi) is 2.49. The number of para-hydroxylation sites is 1. The first-order valence-corrected chi connectivity index (χ1v) is 5.80. The zero-order valence-electron chi connectivity index (χ0n) is 9.83. The van der Waals surface area contributed by atoms with Gasteiger partial charge in [0.2, 0.25) is 0 Å². The Balaban J connectivity index is 2.42. The fourth-order valence-electron chi connectivity index (χ4n) is 3.17. The number of benzene rings is 1. The number of aromatic hydroxyl groups is 1. The van der Waals surface area contributed by atoms with Crippen molar-refractivity contribution in [3.05, 3.63) is 29.8 Å². The van der Waals surface area contributed by atoms with E-state index in [0.717, 1.165) is 5.56 Å². The molecule has 1 heteroatoms. The molecule has 0 aliphatic heterocycles. The molecular weight excluding hydrogens is 184 g/mol. The van der Waals surface area contributed by atoms with Crippen molar-refractivity contribution in [3.63, 3.8) is 0 Å². The quantitative estimate of drug-likeness (QED) is 0.734. The van der Waals surface area contributed by atoms with E-state index in [1.54, 1.807) is 6.07 Å². The zero-order valence-corrected chi connectivity index (χ0v) is 9.83. The van der Waals surface area contributed by atoms with E-state index in [-0.39, 0.29) is 0 Å². The first-order chi connectivity index (χ1) is 7.02. The summed E-state index contributed by atoms with van der Waals surface area (Å²) in [6, 6.07) is 7.79. The van der Waals surface area contributed by atoms with E-state index in [1.807, 2.05) is 12.1 Å². The smallest absolute Gasteiger partial charge is 0.119 e. The number of phenolic OH excluding ortho intramolecular Hbond substituents is 1. The highest BCUT2D eigenvalue weighted by molar-refractivity contribution is 5.37. The summed E-state index contributed by atoms with van der Waals surface area (Å²) in [6.07, 6.45) is 2.53. The lowest BCUT2D eigenvalue weighted by Crippen LogP contribution is -2.19. The number of rotatable bonds is 1. The second-order valence-corrected chi connectivity index (χ2v) is 5.54. The Morgan fingerprint density at radius 1 is 1.27 bits per heavy atom. The number of hydrogen-bond donors (Lipinski definition) is 1. The van der Waals surface area contributed by atoms with Gasteiger partial charge < -0.3 is 5.11 Å². The van der Waals surface area contributed by atoms with E-state index in [4.69, 9.17) is 0 Å². The highest BCUT2D eigenvalue weighted by Gasteiger charge is 2.41. The largest absolute Gasteiger partial charge is 0.508 e. The molecule has 1 aliphatic carbocycles. The number of hydrogen-bond acceptors (Lipinski definition) is 1. The minimum absolute atomic E-state index is 0.318. The summed E-state index contributed by atoms with van der Waals surface area (Å²) in [5, 5.41) is 9.92. The van der Waals surface area contributed by atoms with Crippen LogP contribution in [-0.2, 0) is 0 Å². The van der Waals surface area contributed by atoms with Crippen LogP contribution in [0.1, 0.15) is 45.1 Å². The SMILES string of the molecule is CC1CCC(C)(C)C1c1ccccc1O. The van der Waals surface area contributed by atoms with Gasteiger partial charge in [0.15, 0.2) is 0 Å². The molecule has 1 N–H and O–H groups in total. The van der Waals surface area contributed by atoms with Crippen molar-refractivity contribution in [1.29, 1.82) is 0 Å². The van der Waals surface area contributed by atoms with E-state index in [0.29, 0.717) is 23.0 Å². The average molecular weight is 204 g/mol. The third-order valence-electron chi connectivity index (χ3n) is 3.93. The molecule has 15 heavy (non-hydrogen) atoms. The fraction of sp³-hybridized carbons (Fsp3) is 0.571. The van der Waals surface area contributed by atoms with Crippen molar-refractivity contribution in [2.75, 3.05) is 0 Å². The third kappa shape index (κ3) is 1.75. The zero-order chi connectivity index (χ0) is 11.1. The molecule has 0 aromatic heterocycles. The predicted octanol–water partition coefficient (Wildman–Crippen LogP) is 3.93. The van der Waals surface area contributed by atoms with Crippen LogP contribution in [0.15, 0.2) is 24.3 Å². The van der Waals surface area contributed by atoms with Crippen molar-refractivity contribution in [2.24, 2.45) is 11.3 Å². The van der Waals surface area contributed by atoms with Gasteiger partial charge in [0.25, 0.3) is 0 Å².